The molecule has 1 atom stereocenters. The normalized spacial score (nSPS) is 12.2. The van der Waals surface area contributed by atoms with Gasteiger partial charge in [0.1, 0.15) is 5.82 Å². The van der Waals surface area contributed by atoms with Crippen molar-refractivity contribution in [3.8, 4) is 6.07 Å². The minimum Gasteiger partial charge on any atom is -0.207 e. The van der Waals surface area contributed by atoms with Crippen LogP contribution in [0, 0.1) is 24.1 Å². The van der Waals surface area contributed by atoms with E-state index in [1.54, 1.807) is 6.92 Å². The molecule has 0 spiro atoms. The Hall–Kier alpha value is -1.36. The molecule has 0 amide bonds. The van der Waals surface area contributed by atoms with Gasteiger partial charge in [0.25, 0.3) is 0 Å². The molecule has 0 fully saturated rings. The molecule has 1 aromatic rings. The standard InChI is InChI=1S/C12H14FN/c1-4-10-5-8(2)11(6-12(10)13)9(3)7-14/h5-6,9H,4H2,1-3H3. The Labute approximate surface area is 84.2 Å². The molecule has 0 aliphatic rings. The van der Waals surface area contributed by atoms with E-state index in [9.17, 15) is 4.39 Å². The Bertz CT molecular complexity index is 377. The summed E-state index contributed by atoms with van der Waals surface area (Å²) >= 11 is 0. The van der Waals surface area contributed by atoms with Crippen LogP contribution in [-0.2, 0) is 6.42 Å². The van der Waals surface area contributed by atoms with Gasteiger partial charge in [0.2, 0.25) is 0 Å². The molecular weight excluding hydrogens is 177 g/mol. The van der Waals surface area contributed by atoms with Crippen molar-refractivity contribution in [1.29, 1.82) is 5.26 Å². The number of nitrogens with zero attached hydrogens (tertiary/aromatic N) is 1. The number of halogens is 1. The number of nitriles is 1. The van der Waals surface area contributed by atoms with E-state index in [4.69, 9.17) is 5.26 Å². The summed E-state index contributed by atoms with van der Waals surface area (Å²) < 4.78 is 13.4. The quantitative estimate of drug-likeness (QED) is 0.703. The Kier molecular flexibility index (Phi) is 3.24. The summed E-state index contributed by atoms with van der Waals surface area (Å²) in [5.41, 5.74) is 2.51. The average Bonchev–Trinajstić information content (AvgIpc) is 2.19. The van der Waals surface area contributed by atoms with Crippen LogP contribution in [0.25, 0.3) is 0 Å². The third-order valence-electron chi connectivity index (χ3n) is 2.48. The average molecular weight is 191 g/mol. The molecule has 0 aliphatic heterocycles. The molecule has 0 N–H and O–H groups in total. The number of hydrogen-bond acceptors (Lipinski definition) is 1. The fourth-order valence-corrected chi connectivity index (χ4v) is 1.56. The van der Waals surface area contributed by atoms with Crippen molar-refractivity contribution in [3.63, 3.8) is 0 Å². The van der Waals surface area contributed by atoms with Crippen LogP contribution in [-0.4, -0.2) is 0 Å². The molecule has 0 saturated heterocycles. The first-order chi connectivity index (χ1) is 6.60. The molecule has 0 bridgehead atoms. The van der Waals surface area contributed by atoms with Crippen molar-refractivity contribution >= 4 is 0 Å². The Morgan fingerprint density at radius 2 is 2.14 bits per heavy atom. The Morgan fingerprint density at radius 1 is 1.50 bits per heavy atom. The predicted octanol–water partition coefficient (Wildman–Crippen LogP) is 3.32. The fraction of sp³-hybridized carbons (Fsp3) is 0.417. The van der Waals surface area contributed by atoms with Gasteiger partial charge in [0.05, 0.1) is 12.0 Å². The van der Waals surface area contributed by atoms with Gasteiger partial charge in [-0.25, -0.2) is 4.39 Å². The van der Waals surface area contributed by atoms with Gasteiger partial charge in [-0.1, -0.05) is 13.0 Å². The van der Waals surface area contributed by atoms with Crippen LogP contribution in [0.4, 0.5) is 4.39 Å². The molecule has 0 aromatic heterocycles. The minimum absolute atomic E-state index is 0.199. The number of aryl methyl sites for hydroxylation is 2. The largest absolute Gasteiger partial charge is 0.207 e. The van der Waals surface area contributed by atoms with Crippen molar-refractivity contribution in [3.05, 3.63) is 34.6 Å². The van der Waals surface area contributed by atoms with Crippen LogP contribution in [0.5, 0.6) is 0 Å². The van der Waals surface area contributed by atoms with E-state index < -0.39 is 0 Å². The molecule has 2 heteroatoms. The molecule has 0 aliphatic carbocycles. The van der Waals surface area contributed by atoms with Crippen LogP contribution < -0.4 is 0 Å². The summed E-state index contributed by atoms with van der Waals surface area (Å²) in [7, 11) is 0. The lowest BCUT2D eigenvalue weighted by Gasteiger charge is -2.10. The lowest BCUT2D eigenvalue weighted by Crippen LogP contribution is -1.98. The maximum absolute atomic E-state index is 13.4. The summed E-state index contributed by atoms with van der Waals surface area (Å²) in [5, 5.41) is 8.76. The van der Waals surface area contributed by atoms with Gasteiger partial charge in [-0.05, 0) is 43.0 Å². The highest BCUT2D eigenvalue weighted by atomic mass is 19.1. The zero-order valence-corrected chi connectivity index (χ0v) is 8.76. The SMILES string of the molecule is CCc1cc(C)c(C(C)C#N)cc1F. The highest BCUT2D eigenvalue weighted by molar-refractivity contribution is 5.36. The van der Waals surface area contributed by atoms with Crippen molar-refractivity contribution in [1.82, 2.24) is 0 Å². The summed E-state index contributed by atoms with van der Waals surface area (Å²) in [6.45, 7) is 5.63. The second-order valence-electron chi connectivity index (χ2n) is 3.50. The second-order valence-corrected chi connectivity index (χ2v) is 3.50. The summed E-state index contributed by atoms with van der Waals surface area (Å²) in [5.74, 6) is -0.439. The number of benzene rings is 1. The van der Waals surface area contributed by atoms with Gasteiger partial charge < -0.3 is 0 Å². The number of hydrogen-bond donors (Lipinski definition) is 0. The molecule has 0 saturated carbocycles. The molecule has 74 valence electrons. The first-order valence-electron chi connectivity index (χ1n) is 4.78. The van der Waals surface area contributed by atoms with E-state index in [1.807, 2.05) is 19.9 Å². The topological polar surface area (TPSA) is 23.8 Å². The van der Waals surface area contributed by atoms with Crippen molar-refractivity contribution in [2.75, 3.05) is 0 Å². The van der Waals surface area contributed by atoms with Crippen molar-refractivity contribution in [2.45, 2.75) is 33.1 Å². The van der Waals surface area contributed by atoms with Crippen LogP contribution in [0.2, 0.25) is 0 Å². The minimum atomic E-state index is -0.240. The Morgan fingerprint density at radius 3 is 2.64 bits per heavy atom. The van der Waals surface area contributed by atoms with Gasteiger partial charge in [-0.2, -0.15) is 5.26 Å². The highest BCUT2D eigenvalue weighted by Crippen LogP contribution is 2.22. The maximum Gasteiger partial charge on any atom is 0.126 e. The molecule has 1 nitrogen and oxygen atoms in total. The molecule has 14 heavy (non-hydrogen) atoms. The van der Waals surface area contributed by atoms with E-state index in [2.05, 4.69) is 6.07 Å². The first kappa shape index (κ1) is 10.7. The zero-order valence-electron chi connectivity index (χ0n) is 8.76. The van der Waals surface area contributed by atoms with E-state index in [-0.39, 0.29) is 11.7 Å². The first-order valence-corrected chi connectivity index (χ1v) is 4.78. The molecule has 1 rings (SSSR count). The molecular formula is C12H14FN. The van der Waals surface area contributed by atoms with Crippen LogP contribution >= 0.6 is 0 Å². The zero-order chi connectivity index (χ0) is 10.7. The predicted molar refractivity (Wildman–Crippen MR) is 54.5 cm³/mol. The third-order valence-corrected chi connectivity index (χ3v) is 2.48. The third kappa shape index (κ3) is 1.93. The summed E-state index contributed by atoms with van der Waals surface area (Å²) in [6, 6.07) is 5.44. The highest BCUT2D eigenvalue weighted by Gasteiger charge is 2.11. The van der Waals surface area contributed by atoms with Crippen LogP contribution in [0.1, 0.15) is 36.5 Å². The smallest absolute Gasteiger partial charge is 0.126 e. The van der Waals surface area contributed by atoms with Gasteiger partial charge in [0, 0.05) is 0 Å². The summed E-state index contributed by atoms with van der Waals surface area (Å²) in [6.07, 6.45) is 0.688. The van der Waals surface area contributed by atoms with Crippen LogP contribution in [0.3, 0.4) is 0 Å². The molecule has 0 radical (unpaired) electrons. The monoisotopic (exact) mass is 191 g/mol. The van der Waals surface area contributed by atoms with Crippen LogP contribution in [0.15, 0.2) is 12.1 Å². The van der Waals surface area contributed by atoms with Crippen molar-refractivity contribution < 1.29 is 4.39 Å². The second kappa shape index (κ2) is 4.23. The fourth-order valence-electron chi connectivity index (χ4n) is 1.56. The molecule has 0 heterocycles. The molecule has 1 aromatic carbocycles. The summed E-state index contributed by atoms with van der Waals surface area (Å²) in [4.78, 5) is 0. The van der Waals surface area contributed by atoms with Gasteiger partial charge in [-0.3, -0.25) is 0 Å². The van der Waals surface area contributed by atoms with Gasteiger partial charge >= 0.3 is 0 Å². The van der Waals surface area contributed by atoms with E-state index in [0.717, 1.165) is 16.7 Å². The lowest BCUT2D eigenvalue weighted by molar-refractivity contribution is 0.608. The maximum atomic E-state index is 13.4. The van der Waals surface area contributed by atoms with Gasteiger partial charge in [-0.15, -0.1) is 0 Å². The van der Waals surface area contributed by atoms with Crippen molar-refractivity contribution in [2.24, 2.45) is 0 Å². The van der Waals surface area contributed by atoms with E-state index >= 15 is 0 Å². The lowest BCUT2D eigenvalue weighted by atomic mass is 9.95. The van der Waals surface area contributed by atoms with E-state index in [1.165, 1.54) is 6.07 Å². The van der Waals surface area contributed by atoms with E-state index in [0.29, 0.717) is 6.42 Å². The number of rotatable bonds is 2. The Balaban J connectivity index is 3.23. The molecule has 1 unspecified atom stereocenters. The van der Waals surface area contributed by atoms with Gasteiger partial charge in [0.15, 0.2) is 0 Å².